The average Bonchev–Trinajstić information content (AvgIpc) is 2.42. The van der Waals surface area contributed by atoms with Crippen molar-refractivity contribution in [2.75, 3.05) is 25.0 Å². The highest BCUT2D eigenvalue weighted by molar-refractivity contribution is 7.62. The maximum atomic E-state index is 12.7. The SMILES string of the molecule is Cc1ccc([N+](=O)[O-])c(P(=O)(OCCCl)OCCCl)c1. The molecule has 0 N–H and O–H groups in total. The molecule has 1 aromatic carbocycles. The number of halogens is 2. The molecule has 0 saturated heterocycles. The van der Waals surface area contributed by atoms with E-state index < -0.39 is 12.5 Å². The van der Waals surface area contributed by atoms with Crippen molar-refractivity contribution < 1.29 is 18.5 Å². The summed E-state index contributed by atoms with van der Waals surface area (Å²) in [4.78, 5) is 10.4. The van der Waals surface area contributed by atoms with Crippen molar-refractivity contribution in [3.05, 3.63) is 33.9 Å². The molecular weight excluding hydrogens is 328 g/mol. The summed E-state index contributed by atoms with van der Waals surface area (Å²) in [6.07, 6.45) is 0. The third kappa shape index (κ3) is 4.43. The Morgan fingerprint density at radius 3 is 2.25 bits per heavy atom. The van der Waals surface area contributed by atoms with Crippen LogP contribution in [-0.4, -0.2) is 29.9 Å². The van der Waals surface area contributed by atoms with Gasteiger partial charge in [0.15, 0.2) is 0 Å². The maximum Gasteiger partial charge on any atom is 0.368 e. The Balaban J connectivity index is 3.28. The highest BCUT2D eigenvalue weighted by Gasteiger charge is 2.35. The van der Waals surface area contributed by atoms with Gasteiger partial charge in [0.05, 0.1) is 18.1 Å². The van der Waals surface area contributed by atoms with Gasteiger partial charge in [-0.3, -0.25) is 14.7 Å². The Kier molecular flexibility index (Phi) is 6.92. The Hall–Kier alpha value is -0.650. The van der Waals surface area contributed by atoms with Crippen LogP contribution in [-0.2, 0) is 13.6 Å². The van der Waals surface area contributed by atoms with E-state index in [2.05, 4.69) is 0 Å². The summed E-state index contributed by atoms with van der Waals surface area (Å²) in [5.74, 6) is 0.182. The summed E-state index contributed by atoms with van der Waals surface area (Å²) in [7, 11) is -3.83. The summed E-state index contributed by atoms with van der Waals surface area (Å²) in [5.41, 5.74) is 0.387. The molecule has 1 rings (SSSR count). The second kappa shape index (κ2) is 7.96. The largest absolute Gasteiger partial charge is 0.368 e. The van der Waals surface area contributed by atoms with Gasteiger partial charge in [-0.15, -0.1) is 23.2 Å². The van der Waals surface area contributed by atoms with Gasteiger partial charge in [0.25, 0.3) is 5.69 Å². The first-order chi connectivity index (χ1) is 9.44. The fourth-order valence-corrected chi connectivity index (χ4v) is 3.68. The van der Waals surface area contributed by atoms with Crippen molar-refractivity contribution in [1.29, 1.82) is 0 Å². The number of nitrogens with zero attached hydrogens (tertiary/aromatic N) is 1. The molecule has 0 aliphatic heterocycles. The van der Waals surface area contributed by atoms with Crippen LogP contribution in [0, 0.1) is 17.0 Å². The predicted molar refractivity (Wildman–Crippen MR) is 78.4 cm³/mol. The molecule has 0 unspecified atom stereocenters. The predicted octanol–water partition coefficient (Wildman–Crippen LogP) is 3.23. The minimum absolute atomic E-state index is 0.0494. The van der Waals surface area contributed by atoms with Crippen LogP contribution >= 0.6 is 30.8 Å². The van der Waals surface area contributed by atoms with Crippen molar-refractivity contribution in [3.63, 3.8) is 0 Å². The van der Waals surface area contributed by atoms with Crippen molar-refractivity contribution in [1.82, 2.24) is 0 Å². The average molecular weight is 342 g/mol. The third-order valence-electron chi connectivity index (χ3n) is 2.30. The summed E-state index contributed by atoms with van der Waals surface area (Å²) >= 11 is 11.0. The zero-order valence-electron chi connectivity index (χ0n) is 10.8. The van der Waals surface area contributed by atoms with Gasteiger partial charge in [0, 0.05) is 17.8 Å². The fourth-order valence-electron chi connectivity index (χ4n) is 1.49. The highest BCUT2D eigenvalue weighted by Crippen LogP contribution is 2.49. The lowest BCUT2D eigenvalue weighted by atomic mass is 10.2. The Bertz CT molecular complexity index is 514. The van der Waals surface area contributed by atoms with Crippen molar-refractivity contribution in [2.45, 2.75) is 6.92 Å². The van der Waals surface area contributed by atoms with E-state index in [1.165, 1.54) is 12.1 Å². The number of hydrogen-bond donors (Lipinski definition) is 0. The van der Waals surface area contributed by atoms with E-state index in [-0.39, 0.29) is 36.0 Å². The summed E-state index contributed by atoms with van der Waals surface area (Å²) in [6, 6.07) is 4.24. The van der Waals surface area contributed by atoms with Gasteiger partial charge < -0.3 is 9.05 Å². The molecular formula is C11H14Cl2NO5P. The zero-order chi connectivity index (χ0) is 15.2. The number of aryl methyl sites for hydroxylation is 1. The van der Waals surface area contributed by atoms with E-state index in [1.807, 2.05) is 0 Å². The Morgan fingerprint density at radius 2 is 1.80 bits per heavy atom. The van der Waals surface area contributed by atoms with Gasteiger partial charge >= 0.3 is 7.60 Å². The van der Waals surface area contributed by atoms with Gasteiger partial charge in [-0.25, -0.2) is 0 Å². The number of hydrogen-bond acceptors (Lipinski definition) is 5. The normalized spacial score (nSPS) is 11.6. The molecule has 0 heterocycles. The molecule has 0 atom stereocenters. The standard InChI is InChI=1S/C11H14Cl2NO5P/c1-9-2-3-10(14(15)16)11(8-9)20(17,18-6-4-12)19-7-5-13/h2-3,8H,4-7H2,1H3. The van der Waals surface area contributed by atoms with E-state index in [1.54, 1.807) is 13.0 Å². The van der Waals surface area contributed by atoms with Crippen LogP contribution in [0.1, 0.15) is 5.56 Å². The number of alkyl halides is 2. The first-order valence-electron chi connectivity index (χ1n) is 5.71. The van der Waals surface area contributed by atoms with Crippen LogP contribution < -0.4 is 5.30 Å². The van der Waals surface area contributed by atoms with Gasteiger partial charge in [0.2, 0.25) is 0 Å². The van der Waals surface area contributed by atoms with Crippen molar-refractivity contribution in [3.8, 4) is 0 Å². The maximum absolute atomic E-state index is 12.7. The molecule has 0 radical (unpaired) electrons. The minimum Gasteiger partial charge on any atom is -0.304 e. The second-order valence-corrected chi connectivity index (χ2v) is 6.54. The third-order valence-corrected chi connectivity index (χ3v) is 4.60. The smallest absolute Gasteiger partial charge is 0.304 e. The van der Waals surface area contributed by atoms with Crippen LogP contribution in [0.4, 0.5) is 5.69 Å². The molecule has 112 valence electrons. The Morgan fingerprint density at radius 1 is 1.25 bits per heavy atom. The summed E-state index contributed by atoms with van der Waals surface area (Å²) in [5, 5.41) is 11.0. The van der Waals surface area contributed by atoms with Crippen LogP contribution in [0.5, 0.6) is 0 Å². The van der Waals surface area contributed by atoms with Crippen LogP contribution in [0.25, 0.3) is 0 Å². The molecule has 0 fully saturated rings. The van der Waals surface area contributed by atoms with Crippen LogP contribution in [0.2, 0.25) is 0 Å². The first kappa shape index (κ1) is 17.4. The van der Waals surface area contributed by atoms with E-state index in [9.17, 15) is 14.7 Å². The molecule has 0 amide bonds. The van der Waals surface area contributed by atoms with E-state index in [0.717, 1.165) is 0 Å². The number of benzene rings is 1. The molecule has 1 aromatic rings. The minimum atomic E-state index is -3.83. The van der Waals surface area contributed by atoms with Gasteiger partial charge in [-0.1, -0.05) is 6.07 Å². The quantitative estimate of drug-likeness (QED) is 0.314. The number of nitro groups is 1. The van der Waals surface area contributed by atoms with Gasteiger partial charge in [0.1, 0.15) is 5.30 Å². The second-order valence-electron chi connectivity index (χ2n) is 3.79. The molecule has 0 aromatic heterocycles. The van der Waals surface area contributed by atoms with Crippen LogP contribution in [0.3, 0.4) is 0 Å². The molecule has 20 heavy (non-hydrogen) atoms. The van der Waals surface area contributed by atoms with Crippen molar-refractivity contribution >= 4 is 41.8 Å². The molecule has 0 aliphatic carbocycles. The Labute approximate surface area is 126 Å². The molecule has 0 aliphatic rings. The lowest BCUT2D eigenvalue weighted by Gasteiger charge is -2.18. The zero-order valence-corrected chi connectivity index (χ0v) is 13.2. The molecule has 0 bridgehead atoms. The molecule has 0 saturated carbocycles. The number of nitro benzene ring substituents is 1. The molecule has 6 nitrogen and oxygen atoms in total. The van der Waals surface area contributed by atoms with Crippen molar-refractivity contribution in [2.24, 2.45) is 0 Å². The highest BCUT2D eigenvalue weighted by atomic mass is 35.5. The lowest BCUT2D eigenvalue weighted by molar-refractivity contribution is -0.383. The monoisotopic (exact) mass is 341 g/mol. The van der Waals surface area contributed by atoms with Gasteiger partial charge in [-0.2, -0.15) is 0 Å². The van der Waals surface area contributed by atoms with Crippen LogP contribution in [0.15, 0.2) is 18.2 Å². The topological polar surface area (TPSA) is 78.7 Å². The summed E-state index contributed by atoms with van der Waals surface area (Å²) < 4.78 is 23.0. The fraction of sp³-hybridized carbons (Fsp3) is 0.455. The van der Waals surface area contributed by atoms with E-state index in [4.69, 9.17) is 32.2 Å². The van der Waals surface area contributed by atoms with E-state index in [0.29, 0.717) is 5.56 Å². The molecule has 9 heteroatoms. The lowest BCUT2D eigenvalue weighted by Crippen LogP contribution is -2.16. The van der Waals surface area contributed by atoms with E-state index >= 15 is 0 Å². The summed E-state index contributed by atoms with van der Waals surface area (Å²) in [6.45, 7) is 1.62. The molecule has 0 spiro atoms. The van der Waals surface area contributed by atoms with Gasteiger partial charge in [-0.05, 0) is 18.6 Å². The number of rotatable bonds is 8. The first-order valence-corrected chi connectivity index (χ1v) is 8.32.